The number of carboxylic acid groups (broad SMARTS) is 1. The molecule has 0 saturated heterocycles. The number of rotatable bonds is 19. The zero-order valence-electron chi connectivity index (χ0n) is 20.8. The first kappa shape index (κ1) is 29.6. The summed E-state index contributed by atoms with van der Waals surface area (Å²) in [5.41, 5.74) is 1.23. The number of amides is 1. The fourth-order valence-corrected chi connectivity index (χ4v) is 3.31. The van der Waals surface area contributed by atoms with Gasteiger partial charge in [-0.25, -0.2) is 9.59 Å². The second-order valence-corrected chi connectivity index (χ2v) is 8.27. The average Bonchev–Trinajstić information content (AvgIpc) is 2.86. The maximum atomic E-state index is 12.1. The number of hydrogen-bond donors (Lipinski definition) is 1. The summed E-state index contributed by atoms with van der Waals surface area (Å²) in [6, 6.07) is 6.81. The Morgan fingerprint density at radius 3 is 1.94 bits per heavy atom. The van der Waals surface area contributed by atoms with Crippen LogP contribution in [0.15, 0.2) is 72.9 Å². The van der Waals surface area contributed by atoms with Gasteiger partial charge in [-0.1, -0.05) is 87.5 Å². The van der Waals surface area contributed by atoms with Crippen LogP contribution >= 0.6 is 0 Å². The van der Waals surface area contributed by atoms with Gasteiger partial charge in [-0.15, -0.1) is 0 Å². The van der Waals surface area contributed by atoms with E-state index in [-0.39, 0.29) is 5.97 Å². The quantitative estimate of drug-likeness (QED) is 0.0786. The maximum Gasteiger partial charge on any atom is 0.338 e. The van der Waals surface area contributed by atoms with Crippen LogP contribution in [0.4, 0.5) is 5.69 Å². The standard InChI is InChI=1S/C29H39NO5/c1-30(25-31)27-22-20-26(21-23-27)29(34)35-24-18-16-14-12-10-8-6-4-2-3-5-7-9-11-13-15-17-19-28(32)33/h5,7,9,11,13,15,17,19-23,25H,2-4,6,8,10,12,14,16,18,24H2,1H3,(H,32,33)/b7-5-,11-9-,15-13-,19-17?. The van der Waals surface area contributed by atoms with Gasteiger partial charge in [0.25, 0.3) is 0 Å². The third kappa shape index (κ3) is 16.0. The van der Waals surface area contributed by atoms with Crippen LogP contribution in [-0.2, 0) is 14.3 Å². The Labute approximate surface area is 209 Å². The summed E-state index contributed by atoms with van der Waals surface area (Å²) < 4.78 is 5.33. The Morgan fingerprint density at radius 2 is 1.34 bits per heavy atom. The van der Waals surface area contributed by atoms with Crippen molar-refractivity contribution in [3.8, 4) is 0 Å². The van der Waals surface area contributed by atoms with Gasteiger partial charge in [0, 0.05) is 18.8 Å². The molecule has 1 aromatic carbocycles. The number of benzene rings is 1. The summed E-state index contributed by atoms with van der Waals surface area (Å²) in [6.45, 7) is 0.440. The second-order valence-electron chi connectivity index (χ2n) is 8.27. The lowest BCUT2D eigenvalue weighted by Gasteiger charge is -2.11. The topological polar surface area (TPSA) is 83.9 Å². The van der Waals surface area contributed by atoms with E-state index in [0.29, 0.717) is 12.2 Å². The van der Waals surface area contributed by atoms with Gasteiger partial charge >= 0.3 is 11.9 Å². The number of allylic oxidation sites excluding steroid dienone is 7. The van der Waals surface area contributed by atoms with Crippen LogP contribution in [0.5, 0.6) is 0 Å². The van der Waals surface area contributed by atoms with Crippen molar-refractivity contribution in [3.05, 3.63) is 78.4 Å². The monoisotopic (exact) mass is 481 g/mol. The van der Waals surface area contributed by atoms with E-state index < -0.39 is 5.97 Å². The highest BCUT2D eigenvalue weighted by Crippen LogP contribution is 2.14. The number of nitrogens with zero attached hydrogens (tertiary/aromatic N) is 1. The fraction of sp³-hybridized carbons (Fsp3) is 0.414. The molecular weight excluding hydrogens is 442 g/mol. The Bertz CT molecular complexity index is 852. The van der Waals surface area contributed by atoms with Gasteiger partial charge in [-0.2, -0.15) is 0 Å². The van der Waals surface area contributed by atoms with E-state index in [1.807, 2.05) is 18.2 Å². The van der Waals surface area contributed by atoms with Crippen LogP contribution in [0.25, 0.3) is 0 Å². The summed E-state index contributed by atoms with van der Waals surface area (Å²) in [4.78, 5) is 34.6. The molecule has 1 rings (SSSR count). The molecule has 0 aliphatic heterocycles. The van der Waals surface area contributed by atoms with Crippen molar-refractivity contribution in [3.63, 3.8) is 0 Å². The molecule has 0 fully saturated rings. The smallest absolute Gasteiger partial charge is 0.338 e. The van der Waals surface area contributed by atoms with Crippen molar-refractivity contribution in [1.29, 1.82) is 0 Å². The van der Waals surface area contributed by atoms with Gasteiger partial charge in [-0.05, 0) is 43.5 Å². The summed E-state index contributed by atoms with van der Waals surface area (Å²) >= 11 is 0. The number of carbonyl (C=O) groups is 3. The number of hydrogen-bond acceptors (Lipinski definition) is 4. The van der Waals surface area contributed by atoms with E-state index in [0.717, 1.165) is 37.4 Å². The number of anilines is 1. The Morgan fingerprint density at radius 1 is 0.800 bits per heavy atom. The van der Waals surface area contributed by atoms with Crippen molar-refractivity contribution in [1.82, 2.24) is 0 Å². The van der Waals surface area contributed by atoms with Gasteiger partial charge in [0.15, 0.2) is 0 Å². The molecule has 6 nitrogen and oxygen atoms in total. The van der Waals surface area contributed by atoms with Crippen LogP contribution in [0, 0.1) is 0 Å². The van der Waals surface area contributed by atoms with Crippen LogP contribution in [0.3, 0.4) is 0 Å². The summed E-state index contributed by atoms with van der Waals surface area (Å²) in [7, 11) is 1.66. The lowest BCUT2D eigenvalue weighted by atomic mass is 10.1. The molecular formula is C29H39NO5. The molecule has 0 unspecified atom stereocenters. The van der Waals surface area contributed by atoms with Crippen LogP contribution in [-0.4, -0.2) is 37.1 Å². The predicted octanol–water partition coefficient (Wildman–Crippen LogP) is 6.65. The molecule has 0 heterocycles. The first-order valence-electron chi connectivity index (χ1n) is 12.4. The minimum atomic E-state index is -0.945. The number of carbonyl (C=O) groups excluding carboxylic acids is 2. The van der Waals surface area contributed by atoms with Crippen molar-refractivity contribution < 1.29 is 24.2 Å². The lowest BCUT2D eigenvalue weighted by molar-refractivity contribution is -0.131. The normalized spacial score (nSPS) is 11.7. The maximum absolute atomic E-state index is 12.1. The molecule has 0 aliphatic rings. The molecule has 0 spiro atoms. The van der Waals surface area contributed by atoms with E-state index in [2.05, 4.69) is 6.08 Å². The predicted molar refractivity (Wildman–Crippen MR) is 142 cm³/mol. The highest BCUT2D eigenvalue weighted by Gasteiger charge is 2.07. The zero-order chi connectivity index (χ0) is 25.6. The Balaban J connectivity index is 1.93. The molecule has 0 bridgehead atoms. The molecule has 35 heavy (non-hydrogen) atoms. The third-order valence-corrected chi connectivity index (χ3v) is 5.35. The van der Waals surface area contributed by atoms with Gasteiger partial charge < -0.3 is 14.7 Å². The van der Waals surface area contributed by atoms with E-state index in [1.54, 1.807) is 43.5 Å². The molecule has 1 amide bonds. The summed E-state index contributed by atoms with van der Waals surface area (Å²) in [6.07, 6.45) is 26.4. The third-order valence-electron chi connectivity index (χ3n) is 5.35. The molecule has 6 heteroatoms. The molecule has 1 aromatic rings. The Hall–Kier alpha value is -3.41. The Kier molecular flexibility index (Phi) is 16.9. The first-order chi connectivity index (χ1) is 17.0. The number of aliphatic carboxylic acids is 1. The van der Waals surface area contributed by atoms with E-state index in [4.69, 9.17) is 9.84 Å². The van der Waals surface area contributed by atoms with Gasteiger partial charge in [0.05, 0.1) is 12.2 Å². The highest BCUT2D eigenvalue weighted by atomic mass is 16.5. The minimum absolute atomic E-state index is 0.321. The van der Waals surface area contributed by atoms with E-state index in [1.165, 1.54) is 55.9 Å². The number of esters is 1. The van der Waals surface area contributed by atoms with Crippen molar-refractivity contribution in [2.75, 3.05) is 18.6 Å². The molecule has 0 aromatic heterocycles. The van der Waals surface area contributed by atoms with E-state index in [9.17, 15) is 14.4 Å². The van der Waals surface area contributed by atoms with E-state index >= 15 is 0 Å². The molecule has 0 radical (unpaired) electrons. The zero-order valence-corrected chi connectivity index (χ0v) is 20.8. The van der Waals surface area contributed by atoms with Gasteiger partial charge in [-0.3, -0.25) is 4.79 Å². The molecule has 1 N–H and O–H groups in total. The summed E-state index contributed by atoms with van der Waals surface area (Å²) in [5.74, 6) is -1.27. The first-order valence-corrected chi connectivity index (χ1v) is 12.4. The summed E-state index contributed by atoms with van der Waals surface area (Å²) in [5, 5.41) is 8.45. The number of ether oxygens (including phenoxy) is 1. The van der Waals surface area contributed by atoms with Crippen molar-refractivity contribution in [2.45, 2.75) is 64.2 Å². The minimum Gasteiger partial charge on any atom is -0.478 e. The van der Waals surface area contributed by atoms with Gasteiger partial charge in [0.1, 0.15) is 0 Å². The SMILES string of the molecule is CN(C=O)c1ccc(C(=O)OCCCCCCCCCCC\C=C/C=C\C=C/C=CC(=O)O)cc1. The van der Waals surface area contributed by atoms with Crippen LogP contribution in [0.2, 0.25) is 0 Å². The number of carboxylic acids is 1. The lowest BCUT2D eigenvalue weighted by Crippen LogP contribution is -2.14. The van der Waals surface area contributed by atoms with Crippen LogP contribution in [0.1, 0.15) is 74.6 Å². The van der Waals surface area contributed by atoms with Gasteiger partial charge in [0.2, 0.25) is 6.41 Å². The largest absolute Gasteiger partial charge is 0.478 e. The second kappa shape index (κ2) is 20.0. The van der Waals surface area contributed by atoms with Crippen LogP contribution < -0.4 is 4.90 Å². The molecule has 0 atom stereocenters. The molecule has 190 valence electrons. The number of unbranched alkanes of at least 4 members (excludes halogenated alkanes) is 9. The highest BCUT2D eigenvalue weighted by molar-refractivity contribution is 5.90. The van der Waals surface area contributed by atoms with Crippen molar-refractivity contribution in [2.24, 2.45) is 0 Å². The fourth-order valence-electron chi connectivity index (χ4n) is 3.31. The molecule has 0 saturated carbocycles. The molecule has 0 aliphatic carbocycles. The van der Waals surface area contributed by atoms with Crippen molar-refractivity contribution >= 4 is 24.0 Å². The average molecular weight is 482 g/mol.